The zero-order valence-electron chi connectivity index (χ0n) is 22.7. The monoisotopic (exact) mass is 610 g/mol. The summed E-state index contributed by atoms with van der Waals surface area (Å²) in [7, 11) is 2.10. The van der Waals surface area contributed by atoms with Crippen LogP contribution in [0.15, 0.2) is 47.5 Å². The summed E-state index contributed by atoms with van der Waals surface area (Å²) in [4.78, 5) is 30.2. The first-order chi connectivity index (χ1) is 18.9. The highest BCUT2D eigenvalue weighted by molar-refractivity contribution is 9.10. The van der Waals surface area contributed by atoms with Gasteiger partial charge in [0.15, 0.2) is 0 Å². The van der Waals surface area contributed by atoms with Crippen molar-refractivity contribution in [1.82, 2.24) is 29.2 Å². The lowest BCUT2D eigenvalue weighted by Crippen LogP contribution is -2.60. The Morgan fingerprint density at radius 2 is 1.95 bits per heavy atom. The molecule has 1 aliphatic carbocycles. The number of hydrogen-bond acceptors (Lipinski definition) is 5. The number of nitrogens with zero attached hydrogens (tertiary/aromatic N) is 6. The molecule has 2 unspecified atom stereocenters. The Hall–Kier alpha value is -2.26. The van der Waals surface area contributed by atoms with Gasteiger partial charge < -0.3 is 9.47 Å². The number of amides is 1. The summed E-state index contributed by atoms with van der Waals surface area (Å²) in [6.45, 7) is 6.99. The van der Waals surface area contributed by atoms with Gasteiger partial charge in [-0.15, -0.1) is 0 Å². The quantitative estimate of drug-likeness (QED) is 0.427. The predicted octanol–water partition coefficient (Wildman–Crippen LogP) is 4.75. The number of rotatable bonds is 4. The first kappa shape index (κ1) is 26.9. The minimum atomic E-state index is -0.175. The van der Waals surface area contributed by atoms with E-state index in [0.717, 1.165) is 79.3 Å². The van der Waals surface area contributed by atoms with Gasteiger partial charge in [-0.3, -0.25) is 19.6 Å². The third kappa shape index (κ3) is 5.67. The molecule has 4 heterocycles. The molecule has 2 fully saturated rings. The van der Waals surface area contributed by atoms with Crippen LogP contribution in [0.5, 0.6) is 0 Å². The van der Waals surface area contributed by atoms with E-state index in [1.165, 1.54) is 16.7 Å². The fraction of sp³-hybridized carbons (Fsp3) is 0.500. The number of fused-ring (bicyclic) bond motifs is 2. The van der Waals surface area contributed by atoms with Crippen molar-refractivity contribution in [1.29, 1.82) is 0 Å². The Bertz CT molecular complexity index is 1310. The molecule has 7 nitrogen and oxygen atoms in total. The maximum atomic E-state index is 14.0. The number of imidazole rings is 1. The lowest BCUT2D eigenvalue weighted by Gasteiger charge is -2.45. The summed E-state index contributed by atoms with van der Waals surface area (Å²) in [5.74, 6) is 0.706. The number of halogens is 2. The van der Waals surface area contributed by atoms with E-state index in [0.29, 0.717) is 12.5 Å². The standard InChI is InChI=1S/C30H36BrClN6O/c1-20-15-36(19-34-20)16-21-4-3-9-38(17-21)30(39)27-18-37(11-10-35(27)2)29-26-8-7-25(32)13-22(26)5-6-23-12-24(31)14-33-28(23)29/h7-8,12-15,19,21,27,29H,3-6,9-11,16-18H2,1-2H3/t21-,27?,29?/m1/s1. The van der Waals surface area contributed by atoms with Gasteiger partial charge in [0.1, 0.15) is 6.04 Å². The molecule has 0 radical (unpaired) electrons. The Labute approximate surface area is 244 Å². The molecule has 0 N–H and O–H groups in total. The number of likely N-dealkylation sites (N-methyl/N-ethyl adjacent to an activating group) is 1. The second-order valence-electron chi connectivity index (χ2n) is 11.4. The van der Waals surface area contributed by atoms with Crippen molar-refractivity contribution >= 4 is 33.4 Å². The fourth-order valence-corrected chi connectivity index (χ4v) is 7.25. The summed E-state index contributed by atoms with van der Waals surface area (Å²) in [5.41, 5.74) is 5.93. The number of aromatic nitrogens is 3. The van der Waals surface area contributed by atoms with Crippen LogP contribution in [0.3, 0.4) is 0 Å². The third-order valence-electron chi connectivity index (χ3n) is 8.68. The Morgan fingerprint density at radius 1 is 1.10 bits per heavy atom. The van der Waals surface area contributed by atoms with Crippen molar-refractivity contribution in [3.8, 4) is 0 Å². The average Bonchev–Trinajstić information content (AvgIpc) is 3.26. The van der Waals surface area contributed by atoms with E-state index in [4.69, 9.17) is 16.6 Å². The lowest BCUT2D eigenvalue weighted by molar-refractivity contribution is -0.141. The van der Waals surface area contributed by atoms with Crippen molar-refractivity contribution in [3.05, 3.63) is 80.6 Å². The minimum Gasteiger partial charge on any atom is -0.341 e. The topological polar surface area (TPSA) is 57.5 Å². The highest BCUT2D eigenvalue weighted by Crippen LogP contribution is 2.38. The molecular weight excluding hydrogens is 576 g/mol. The second-order valence-corrected chi connectivity index (χ2v) is 12.8. The number of piperidine rings is 1. The largest absolute Gasteiger partial charge is 0.341 e. The molecule has 0 bridgehead atoms. The first-order valence-electron chi connectivity index (χ1n) is 14.0. The van der Waals surface area contributed by atoms with Crippen LogP contribution < -0.4 is 0 Å². The van der Waals surface area contributed by atoms with E-state index >= 15 is 0 Å². The number of pyridine rings is 1. The van der Waals surface area contributed by atoms with Crippen LogP contribution in [-0.4, -0.2) is 81.0 Å². The summed E-state index contributed by atoms with van der Waals surface area (Å²) < 4.78 is 3.17. The number of hydrogen-bond donors (Lipinski definition) is 0. The Morgan fingerprint density at radius 3 is 2.77 bits per heavy atom. The summed E-state index contributed by atoms with van der Waals surface area (Å²) in [6.07, 6.45) is 9.95. The number of piperazine rings is 1. The van der Waals surface area contributed by atoms with Crippen LogP contribution in [0.2, 0.25) is 5.02 Å². The van der Waals surface area contributed by atoms with Crippen molar-refractivity contribution in [2.24, 2.45) is 5.92 Å². The van der Waals surface area contributed by atoms with Gasteiger partial charge in [0.2, 0.25) is 5.91 Å². The van der Waals surface area contributed by atoms with Gasteiger partial charge in [-0.05, 0) is 96.4 Å². The maximum absolute atomic E-state index is 14.0. The highest BCUT2D eigenvalue weighted by Gasteiger charge is 2.39. The van der Waals surface area contributed by atoms with E-state index in [-0.39, 0.29) is 18.0 Å². The molecule has 3 aromatic rings. The van der Waals surface area contributed by atoms with Crippen LogP contribution in [-0.2, 0) is 24.2 Å². The van der Waals surface area contributed by atoms with E-state index in [1.807, 2.05) is 25.5 Å². The van der Waals surface area contributed by atoms with Crippen molar-refractivity contribution in [2.75, 3.05) is 39.8 Å². The van der Waals surface area contributed by atoms with Gasteiger partial charge in [-0.2, -0.15) is 0 Å². The molecule has 2 aliphatic heterocycles. The summed E-state index contributed by atoms with van der Waals surface area (Å²) in [5, 5.41) is 0.768. The SMILES string of the molecule is Cc1cn(C[C@H]2CCCN(C(=O)C3CN(C4c5ccc(Cl)cc5CCc5cc(Br)cnc54)CCN3C)C2)cn1. The first-order valence-corrected chi connectivity index (χ1v) is 15.2. The number of benzene rings is 1. The van der Waals surface area contributed by atoms with Crippen LogP contribution in [0.25, 0.3) is 0 Å². The Kier molecular flexibility index (Phi) is 7.82. The van der Waals surface area contributed by atoms with Crippen LogP contribution in [0.1, 0.15) is 47.0 Å². The molecular formula is C30H36BrClN6O. The maximum Gasteiger partial charge on any atom is 0.241 e. The smallest absolute Gasteiger partial charge is 0.241 e. The van der Waals surface area contributed by atoms with Crippen LogP contribution >= 0.6 is 27.5 Å². The van der Waals surface area contributed by atoms with E-state index in [2.05, 4.69) is 71.6 Å². The van der Waals surface area contributed by atoms with E-state index in [9.17, 15) is 4.79 Å². The molecule has 206 valence electrons. The zero-order chi connectivity index (χ0) is 27.1. The molecule has 1 aromatic carbocycles. The summed E-state index contributed by atoms with van der Waals surface area (Å²) in [6, 6.07) is 8.31. The normalized spacial score (nSPS) is 24.2. The van der Waals surface area contributed by atoms with Crippen LogP contribution in [0, 0.1) is 12.8 Å². The number of likely N-dealkylation sites (tertiary alicyclic amines) is 1. The van der Waals surface area contributed by atoms with Gasteiger partial charge >= 0.3 is 0 Å². The van der Waals surface area contributed by atoms with E-state index < -0.39 is 0 Å². The minimum absolute atomic E-state index is 0.00505. The van der Waals surface area contributed by atoms with Crippen molar-refractivity contribution in [2.45, 2.75) is 51.2 Å². The van der Waals surface area contributed by atoms with Crippen molar-refractivity contribution in [3.63, 3.8) is 0 Å². The molecule has 6 rings (SSSR count). The molecule has 1 amide bonds. The second kappa shape index (κ2) is 11.3. The average molecular weight is 612 g/mol. The van der Waals surface area contributed by atoms with Gasteiger partial charge in [-0.25, -0.2) is 4.98 Å². The lowest BCUT2D eigenvalue weighted by atomic mass is 9.94. The van der Waals surface area contributed by atoms with Gasteiger partial charge in [0.05, 0.1) is 23.8 Å². The van der Waals surface area contributed by atoms with Gasteiger partial charge in [0, 0.05) is 61.2 Å². The summed E-state index contributed by atoms with van der Waals surface area (Å²) >= 11 is 10.1. The molecule has 9 heteroatoms. The molecule has 0 spiro atoms. The Balaban J connectivity index is 1.25. The van der Waals surface area contributed by atoms with Crippen LogP contribution in [0.4, 0.5) is 0 Å². The highest BCUT2D eigenvalue weighted by atomic mass is 79.9. The number of carbonyl (C=O) groups is 1. The molecule has 3 aliphatic rings. The van der Waals surface area contributed by atoms with Gasteiger partial charge in [-0.1, -0.05) is 17.7 Å². The molecule has 3 atom stereocenters. The fourth-order valence-electron chi connectivity index (χ4n) is 6.67. The number of aryl methyl sites for hydroxylation is 3. The van der Waals surface area contributed by atoms with E-state index in [1.54, 1.807) is 0 Å². The molecule has 0 saturated carbocycles. The number of carbonyl (C=O) groups excluding carboxylic acids is 1. The zero-order valence-corrected chi connectivity index (χ0v) is 25.0. The molecule has 39 heavy (non-hydrogen) atoms. The third-order valence-corrected chi connectivity index (χ3v) is 9.35. The van der Waals surface area contributed by atoms with Crippen molar-refractivity contribution < 1.29 is 4.79 Å². The molecule has 2 aromatic heterocycles. The van der Waals surface area contributed by atoms with Gasteiger partial charge in [0.25, 0.3) is 0 Å². The molecule has 2 saturated heterocycles. The predicted molar refractivity (Wildman–Crippen MR) is 157 cm³/mol.